The van der Waals surface area contributed by atoms with Crippen LogP contribution in [0.5, 0.6) is 5.75 Å². The summed E-state index contributed by atoms with van der Waals surface area (Å²) in [6.07, 6.45) is 1.57. The number of carbonyl (C=O) groups excluding carboxylic acids is 2. The largest absolute Gasteiger partial charge is 0.495 e. The summed E-state index contributed by atoms with van der Waals surface area (Å²) in [6.45, 7) is 3.41. The van der Waals surface area contributed by atoms with Gasteiger partial charge in [0.1, 0.15) is 5.75 Å². The van der Waals surface area contributed by atoms with E-state index in [1.807, 2.05) is 49.4 Å². The fraction of sp³-hybridized carbons (Fsp3) is 0.158. The van der Waals surface area contributed by atoms with Crippen LogP contribution in [0.2, 0.25) is 0 Å². The predicted octanol–water partition coefficient (Wildman–Crippen LogP) is 3.87. The topological polar surface area (TPSA) is 60.3 Å². The Morgan fingerprint density at radius 3 is 2.58 bits per heavy atom. The Kier molecular flexibility index (Phi) is 4.08. The normalized spacial score (nSPS) is 10.6. The molecule has 5 nitrogen and oxygen atoms in total. The van der Waals surface area contributed by atoms with E-state index in [1.54, 1.807) is 13.3 Å². The first-order chi connectivity index (χ1) is 11.5. The van der Waals surface area contributed by atoms with E-state index in [2.05, 4.69) is 5.32 Å². The third kappa shape index (κ3) is 2.76. The molecule has 5 heteroatoms. The van der Waals surface area contributed by atoms with Crippen molar-refractivity contribution in [3.8, 4) is 5.75 Å². The van der Waals surface area contributed by atoms with Gasteiger partial charge in [-0.3, -0.25) is 14.2 Å². The van der Waals surface area contributed by atoms with Gasteiger partial charge in [-0.15, -0.1) is 0 Å². The molecule has 0 saturated carbocycles. The number of aryl methyl sites for hydroxylation is 1. The average molecular weight is 322 g/mol. The molecule has 122 valence electrons. The van der Waals surface area contributed by atoms with Gasteiger partial charge in [-0.25, -0.2) is 0 Å². The molecule has 0 fully saturated rings. The fourth-order valence-electron chi connectivity index (χ4n) is 2.73. The monoisotopic (exact) mass is 322 g/mol. The average Bonchev–Trinajstić information content (AvgIpc) is 2.95. The van der Waals surface area contributed by atoms with E-state index >= 15 is 0 Å². The zero-order valence-corrected chi connectivity index (χ0v) is 13.8. The number of para-hydroxylation sites is 1. The van der Waals surface area contributed by atoms with Crippen molar-refractivity contribution in [2.45, 2.75) is 13.8 Å². The Hall–Kier alpha value is -3.08. The number of hydrogen-bond donors (Lipinski definition) is 1. The van der Waals surface area contributed by atoms with Crippen LogP contribution in [0, 0.1) is 6.92 Å². The SMILES string of the molecule is COc1ccc(C)cc1NC(=O)c1cn(C(C)=O)c2ccccc12. The highest BCUT2D eigenvalue weighted by molar-refractivity contribution is 6.14. The summed E-state index contributed by atoms with van der Waals surface area (Å²) in [5.41, 5.74) is 2.77. The van der Waals surface area contributed by atoms with Crippen molar-refractivity contribution in [3.63, 3.8) is 0 Å². The molecular formula is C19H18N2O3. The van der Waals surface area contributed by atoms with Crippen LogP contribution in [-0.2, 0) is 0 Å². The quantitative estimate of drug-likeness (QED) is 0.796. The predicted molar refractivity (Wildman–Crippen MR) is 93.9 cm³/mol. The summed E-state index contributed by atoms with van der Waals surface area (Å²) in [5, 5.41) is 3.61. The van der Waals surface area contributed by atoms with Crippen LogP contribution in [0.1, 0.15) is 27.6 Å². The number of anilines is 1. The Labute approximate surface area is 139 Å². The number of aromatic nitrogens is 1. The van der Waals surface area contributed by atoms with Crippen molar-refractivity contribution in [3.05, 3.63) is 59.8 Å². The molecule has 2 aromatic carbocycles. The zero-order valence-electron chi connectivity index (χ0n) is 13.8. The van der Waals surface area contributed by atoms with E-state index in [4.69, 9.17) is 4.74 Å². The third-order valence-corrected chi connectivity index (χ3v) is 3.90. The summed E-state index contributed by atoms with van der Waals surface area (Å²) < 4.78 is 6.78. The van der Waals surface area contributed by atoms with Gasteiger partial charge >= 0.3 is 0 Å². The number of amides is 1. The number of rotatable bonds is 3. The number of nitrogens with one attached hydrogen (secondary N) is 1. The van der Waals surface area contributed by atoms with E-state index < -0.39 is 0 Å². The van der Waals surface area contributed by atoms with Crippen molar-refractivity contribution in [2.24, 2.45) is 0 Å². The lowest BCUT2D eigenvalue weighted by molar-refractivity contribution is 0.0941. The molecule has 1 heterocycles. The number of fused-ring (bicyclic) bond motifs is 1. The maximum atomic E-state index is 12.8. The second kappa shape index (κ2) is 6.20. The minimum atomic E-state index is -0.282. The Bertz CT molecular complexity index is 941. The van der Waals surface area contributed by atoms with Crippen molar-refractivity contribution < 1.29 is 14.3 Å². The molecule has 0 spiro atoms. The van der Waals surface area contributed by atoms with E-state index in [1.165, 1.54) is 11.5 Å². The number of nitrogens with zero attached hydrogens (tertiary/aromatic N) is 1. The molecule has 0 aliphatic heterocycles. The van der Waals surface area contributed by atoms with Gasteiger partial charge in [-0.1, -0.05) is 24.3 Å². The standard InChI is InChI=1S/C19H18N2O3/c1-12-8-9-18(24-3)16(10-12)20-19(23)15-11-21(13(2)22)17-7-5-4-6-14(15)17/h4-11H,1-3H3,(H,20,23). The van der Waals surface area contributed by atoms with Crippen molar-refractivity contribution in [1.29, 1.82) is 0 Å². The molecule has 0 unspecified atom stereocenters. The lowest BCUT2D eigenvalue weighted by Crippen LogP contribution is -2.13. The van der Waals surface area contributed by atoms with Gasteiger partial charge in [-0.2, -0.15) is 0 Å². The maximum Gasteiger partial charge on any atom is 0.257 e. The smallest absolute Gasteiger partial charge is 0.257 e. The molecule has 0 aliphatic carbocycles. The molecule has 0 radical (unpaired) electrons. The first-order valence-electron chi connectivity index (χ1n) is 7.58. The number of methoxy groups -OCH3 is 1. The highest BCUT2D eigenvalue weighted by Crippen LogP contribution is 2.27. The molecule has 0 saturated heterocycles. The molecule has 1 aromatic heterocycles. The van der Waals surface area contributed by atoms with Crippen LogP contribution in [0.15, 0.2) is 48.7 Å². The Morgan fingerprint density at radius 1 is 1.12 bits per heavy atom. The van der Waals surface area contributed by atoms with Crippen LogP contribution in [0.25, 0.3) is 10.9 Å². The lowest BCUT2D eigenvalue weighted by atomic mass is 10.1. The van der Waals surface area contributed by atoms with Crippen LogP contribution < -0.4 is 10.1 Å². The van der Waals surface area contributed by atoms with Crippen molar-refractivity contribution >= 4 is 28.4 Å². The van der Waals surface area contributed by atoms with Crippen LogP contribution in [-0.4, -0.2) is 23.5 Å². The van der Waals surface area contributed by atoms with E-state index in [0.717, 1.165) is 10.9 Å². The van der Waals surface area contributed by atoms with Gasteiger partial charge in [0.2, 0.25) is 5.91 Å². The molecule has 1 N–H and O–H groups in total. The van der Waals surface area contributed by atoms with E-state index in [-0.39, 0.29) is 11.8 Å². The minimum absolute atomic E-state index is 0.140. The van der Waals surface area contributed by atoms with Gasteiger partial charge in [0.15, 0.2) is 0 Å². The number of carbonyl (C=O) groups is 2. The second-order valence-electron chi connectivity index (χ2n) is 5.61. The molecule has 0 atom stereocenters. The first-order valence-corrected chi connectivity index (χ1v) is 7.58. The van der Waals surface area contributed by atoms with Gasteiger partial charge in [-0.05, 0) is 30.7 Å². The Morgan fingerprint density at radius 2 is 1.88 bits per heavy atom. The molecule has 3 aromatic rings. The number of ether oxygens (including phenoxy) is 1. The fourth-order valence-corrected chi connectivity index (χ4v) is 2.73. The van der Waals surface area contributed by atoms with Gasteiger partial charge in [0.25, 0.3) is 5.91 Å². The molecule has 0 bridgehead atoms. The van der Waals surface area contributed by atoms with Crippen LogP contribution >= 0.6 is 0 Å². The second-order valence-corrected chi connectivity index (χ2v) is 5.61. The summed E-state index contributed by atoms with van der Waals surface area (Å²) in [6, 6.07) is 12.9. The molecule has 0 aliphatic rings. The number of benzene rings is 2. The van der Waals surface area contributed by atoms with Gasteiger partial charge < -0.3 is 10.1 Å². The van der Waals surface area contributed by atoms with Crippen LogP contribution in [0.4, 0.5) is 5.69 Å². The lowest BCUT2D eigenvalue weighted by Gasteiger charge is -2.10. The molecular weight excluding hydrogens is 304 g/mol. The third-order valence-electron chi connectivity index (χ3n) is 3.90. The highest BCUT2D eigenvalue weighted by atomic mass is 16.5. The Balaban J connectivity index is 2.04. The summed E-state index contributed by atoms with van der Waals surface area (Å²) in [4.78, 5) is 24.6. The van der Waals surface area contributed by atoms with E-state index in [0.29, 0.717) is 22.5 Å². The van der Waals surface area contributed by atoms with Gasteiger partial charge in [0.05, 0.1) is 23.9 Å². The van der Waals surface area contributed by atoms with Gasteiger partial charge in [0, 0.05) is 18.5 Å². The van der Waals surface area contributed by atoms with Crippen molar-refractivity contribution in [2.75, 3.05) is 12.4 Å². The van der Waals surface area contributed by atoms with Crippen LogP contribution in [0.3, 0.4) is 0 Å². The summed E-state index contributed by atoms with van der Waals surface area (Å²) >= 11 is 0. The minimum Gasteiger partial charge on any atom is -0.495 e. The van der Waals surface area contributed by atoms with Crippen molar-refractivity contribution in [1.82, 2.24) is 4.57 Å². The maximum absolute atomic E-state index is 12.8. The summed E-state index contributed by atoms with van der Waals surface area (Å²) in [5.74, 6) is 0.165. The zero-order chi connectivity index (χ0) is 17.3. The molecule has 3 rings (SSSR count). The highest BCUT2D eigenvalue weighted by Gasteiger charge is 2.17. The number of hydrogen-bond acceptors (Lipinski definition) is 3. The molecule has 1 amide bonds. The first kappa shape index (κ1) is 15.8. The van der Waals surface area contributed by atoms with E-state index in [9.17, 15) is 9.59 Å². The summed E-state index contributed by atoms with van der Waals surface area (Å²) in [7, 11) is 1.56. The molecule has 24 heavy (non-hydrogen) atoms.